The highest BCUT2D eigenvalue weighted by atomic mass is 32.3. The van der Waals surface area contributed by atoms with E-state index in [-0.39, 0.29) is 12.5 Å². The van der Waals surface area contributed by atoms with Crippen molar-refractivity contribution in [1.82, 2.24) is 0 Å². The van der Waals surface area contributed by atoms with Crippen LogP contribution in [0.5, 0.6) is 0 Å². The van der Waals surface area contributed by atoms with E-state index in [1.807, 2.05) is 0 Å². The van der Waals surface area contributed by atoms with Crippen LogP contribution in [0, 0.1) is 0 Å². The Hall–Kier alpha value is -0.780. The molecule has 0 saturated heterocycles. The molecule has 0 atom stereocenters. The van der Waals surface area contributed by atoms with Gasteiger partial charge in [0.1, 0.15) is 0 Å². The van der Waals surface area contributed by atoms with Crippen LogP contribution in [0.3, 0.4) is 0 Å². The van der Waals surface area contributed by atoms with Crippen LogP contribution in [0.1, 0.15) is 32.6 Å². The van der Waals surface area contributed by atoms with E-state index in [1.54, 1.807) is 6.92 Å². The van der Waals surface area contributed by atoms with E-state index in [1.165, 1.54) is 0 Å². The van der Waals surface area contributed by atoms with E-state index >= 15 is 0 Å². The van der Waals surface area contributed by atoms with E-state index in [9.17, 15) is 43.2 Å². The Labute approximate surface area is 117 Å². The average Bonchev–Trinajstić information content (AvgIpc) is 2.25. The monoisotopic (exact) mass is 362 g/mol. The molecule has 0 saturated carbocycles. The van der Waals surface area contributed by atoms with Crippen molar-refractivity contribution in [2.45, 2.75) is 43.6 Å². The Morgan fingerprint density at radius 2 is 1.24 bits per heavy atom. The van der Waals surface area contributed by atoms with Gasteiger partial charge in [-0.15, -0.1) is 0 Å². The molecule has 0 fully saturated rings. The number of hydrogen-bond acceptors (Lipinski definition) is 4. The molecule has 0 rings (SSSR count). The van der Waals surface area contributed by atoms with Crippen LogP contribution < -0.4 is 0 Å². The average molecular weight is 362 g/mol. The molecule has 0 unspecified atom stereocenters. The number of unbranched alkanes of at least 4 members (excludes halogenated alkanes) is 3. The van der Waals surface area contributed by atoms with Crippen LogP contribution in [-0.2, 0) is 19.7 Å². The highest BCUT2D eigenvalue weighted by Gasteiger charge is 2.59. The molecule has 0 heterocycles. The van der Waals surface area contributed by atoms with Gasteiger partial charge in [0.15, 0.2) is 4.24 Å². The van der Waals surface area contributed by atoms with Crippen LogP contribution in [0.2, 0.25) is 0 Å². The van der Waals surface area contributed by atoms with Gasteiger partial charge >= 0.3 is 11.0 Å². The lowest BCUT2D eigenvalue weighted by Crippen LogP contribution is -2.34. The first-order valence-electron chi connectivity index (χ1n) is 5.52. The second-order valence-electron chi connectivity index (χ2n) is 3.92. The first-order valence-corrected chi connectivity index (χ1v) is 8.49. The molecule has 0 aliphatic heterocycles. The minimum absolute atomic E-state index is 0.0404. The summed E-state index contributed by atoms with van der Waals surface area (Å²) in [5, 5.41) is 0. The van der Waals surface area contributed by atoms with Crippen molar-refractivity contribution in [3.63, 3.8) is 0 Å². The van der Waals surface area contributed by atoms with Crippen molar-refractivity contribution in [2.24, 2.45) is 0 Å². The van der Waals surface area contributed by atoms with Crippen molar-refractivity contribution >= 4 is 19.7 Å². The maximum atomic E-state index is 12.3. The van der Waals surface area contributed by atoms with Crippen molar-refractivity contribution in [1.29, 1.82) is 0 Å². The lowest BCUT2D eigenvalue weighted by Gasteiger charge is -2.14. The van der Waals surface area contributed by atoms with Gasteiger partial charge in [-0.05, 0) is 12.8 Å². The standard InChI is InChI=1S/C9H12F6O4S2/c1-2-3-4-5-6-7(20(16,17)8(10,11)12)21(18,19)9(13,14)15/h6H,2-5H2,1H3. The normalized spacial score (nSPS) is 14.0. The van der Waals surface area contributed by atoms with E-state index < -0.39 is 41.3 Å². The van der Waals surface area contributed by atoms with Crippen molar-refractivity contribution in [3.05, 3.63) is 10.3 Å². The molecule has 0 aromatic carbocycles. The Balaban J connectivity index is 5.98. The predicted molar refractivity (Wildman–Crippen MR) is 62.2 cm³/mol. The van der Waals surface area contributed by atoms with Gasteiger partial charge in [-0.2, -0.15) is 26.3 Å². The van der Waals surface area contributed by atoms with Gasteiger partial charge in [-0.3, -0.25) is 0 Å². The Bertz CT molecular complexity index is 537. The topological polar surface area (TPSA) is 68.3 Å². The summed E-state index contributed by atoms with van der Waals surface area (Å²) in [7, 11) is -13.2. The zero-order chi connectivity index (χ0) is 17.1. The molecule has 0 radical (unpaired) electrons. The van der Waals surface area contributed by atoms with Gasteiger partial charge < -0.3 is 0 Å². The fraction of sp³-hybridized carbons (Fsp3) is 0.778. The van der Waals surface area contributed by atoms with Crippen LogP contribution in [0.15, 0.2) is 10.3 Å². The molecular formula is C9H12F6O4S2. The molecule has 21 heavy (non-hydrogen) atoms. The highest BCUT2D eigenvalue weighted by Crippen LogP contribution is 2.39. The molecule has 0 bridgehead atoms. The van der Waals surface area contributed by atoms with Gasteiger partial charge in [0.25, 0.3) is 19.7 Å². The largest absolute Gasteiger partial charge is 0.502 e. The number of allylic oxidation sites excluding steroid dienone is 1. The lowest BCUT2D eigenvalue weighted by molar-refractivity contribution is -0.0444. The Morgan fingerprint density at radius 1 is 0.857 bits per heavy atom. The second-order valence-corrected chi connectivity index (χ2v) is 7.99. The summed E-state index contributed by atoms with van der Waals surface area (Å²) in [5.74, 6) is 0. The van der Waals surface area contributed by atoms with Crippen LogP contribution in [0.25, 0.3) is 0 Å². The number of hydrogen-bond donors (Lipinski definition) is 0. The SMILES string of the molecule is CCCCCC=C(S(=O)(=O)C(F)(F)F)S(=O)(=O)C(F)(F)F. The van der Waals surface area contributed by atoms with E-state index in [4.69, 9.17) is 0 Å². The third-order valence-electron chi connectivity index (χ3n) is 2.26. The molecule has 0 aliphatic rings. The molecular weight excluding hydrogens is 350 g/mol. The summed E-state index contributed by atoms with van der Waals surface area (Å²) < 4.78 is 115. The zero-order valence-electron chi connectivity index (χ0n) is 10.6. The first kappa shape index (κ1) is 20.2. The van der Waals surface area contributed by atoms with E-state index in [2.05, 4.69) is 0 Å². The molecule has 126 valence electrons. The lowest BCUT2D eigenvalue weighted by atomic mass is 10.2. The number of alkyl halides is 6. The summed E-state index contributed by atoms with van der Waals surface area (Å²) >= 11 is 0. The highest BCUT2D eigenvalue weighted by molar-refractivity contribution is 8.15. The van der Waals surface area contributed by atoms with Gasteiger partial charge in [0.2, 0.25) is 0 Å². The maximum absolute atomic E-state index is 12.3. The van der Waals surface area contributed by atoms with Crippen molar-refractivity contribution in [2.75, 3.05) is 0 Å². The molecule has 0 aromatic rings. The van der Waals surface area contributed by atoms with Gasteiger partial charge in [0.05, 0.1) is 0 Å². The smallest absolute Gasteiger partial charge is 0.214 e. The molecule has 0 amide bonds. The second kappa shape index (κ2) is 6.55. The molecule has 12 heteroatoms. The van der Waals surface area contributed by atoms with Gasteiger partial charge in [0, 0.05) is 0 Å². The first-order chi connectivity index (χ1) is 9.19. The number of rotatable bonds is 6. The van der Waals surface area contributed by atoms with E-state index in [0.29, 0.717) is 12.8 Å². The zero-order valence-corrected chi connectivity index (χ0v) is 12.3. The van der Waals surface area contributed by atoms with E-state index in [0.717, 1.165) is 0 Å². The molecule has 0 spiro atoms. The molecule has 4 nitrogen and oxygen atoms in total. The van der Waals surface area contributed by atoms with Crippen LogP contribution >= 0.6 is 0 Å². The third-order valence-corrected chi connectivity index (χ3v) is 6.19. The van der Waals surface area contributed by atoms with Crippen LogP contribution in [0.4, 0.5) is 26.3 Å². The minimum Gasteiger partial charge on any atom is -0.214 e. The number of sulfone groups is 2. The van der Waals surface area contributed by atoms with Crippen molar-refractivity contribution < 1.29 is 43.2 Å². The number of halogens is 6. The Morgan fingerprint density at radius 3 is 1.52 bits per heavy atom. The van der Waals surface area contributed by atoms with Crippen LogP contribution in [-0.4, -0.2) is 27.9 Å². The maximum Gasteiger partial charge on any atom is 0.502 e. The molecule has 0 N–H and O–H groups in total. The van der Waals surface area contributed by atoms with Crippen molar-refractivity contribution in [3.8, 4) is 0 Å². The summed E-state index contributed by atoms with van der Waals surface area (Å²) in [4.78, 5) is 0. The fourth-order valence-electron chi connectivity index (χ4n) is 1.21. The molecule has 0 aliphatic carbocycles. The summed E-state index contributed by atoms with van der Waals surface area (Å²) in [6.07, 6.45) is 0.430. The van der Waals surface area contributed by atoms with Gasteiger partial charge in [-0.25, -0.2) is 16.8 Å². The summed E-state index contributed by atoms with van der Waals surface area (Å²) in [6, 6.07) is 0. The minimum atomic E-state index is -6.61. The quantitative estimate of drug-likeness (QED) is 0.537. The molecule has 0 aromatic heterocycles. The third kappa shape index (κ3) is 4.59. The fourth-order valence-corrected chi connectivity index (χ4v) is 4.06. The predicted octanol–water partition coefficient (Wildman–Crippen LogP) is 3.28. The van der Waals surface area contributed by atoms with Gasteiger partial charge in [-0.1, -0.05) is 25.8 Å². The Kier molecular flexibility index (Phi) is 6.30. The summed E-state index contributed by atoms with van der Waals surface area (Å²) in [6.45, 7) is 1.68. The summed E-state index contributed by atoms with van der Waals surface area (Å²) in [5.41, 5.74) is -12.3.